The lowest BCUT2D eigenvalue weighted by molar-refractivity contribution is -0.115. The van der Waals surface area contributed by atoms with Gasteiger partial charge in [0.25, 0.3) is 0 Å². The second-order valence-electron chi connectivity index (χ2n) is 12.0. The van der Waals surface area contributed by atoms with E-state index in [-0.39, 0.29) is 0 Å². The zero-order valence-corrected chi connectivity index (χ0v) is 19.8. The molecule has 6 aliphatic rings. The van der Waals surface area contributed by atoms with Crippen LogP contribution in [-0.4, -0.2) is 5.78 Å². The van der Waals surface area contributed by atoms with E-state index in [0.29, 0.717) is 34.4 Å². The van der Waals surface area contributed by atoms with Gasteiger partial charge in [-0.2, -0.15) is 0 Å². The molecule has 0 bridgehead atoms. The van der Waals surface area contributed by atoms with E-state index in [9.17, 15) is 4.79 Å². The Morgan fingerprint density at radius 2 is 1.97 bits per heavy atom. The van der Waals surface area contributed by atoms with Gasteiger partial charge in [-0.1, -0.05) is 55.7 Å². The van der Waals surface area contributed by atoms with Gasteiger partial charge in [0, 0.05) is 11.8 Å². The van der Waals surface area contributed by atoms with Crippen LogP contribution >= 0.6 is 0 Å². The summed E-state index contributed by atoms with van der Waals surface area (Å²) in [7, 11) is 0. The van der Waals surface area contributed by atoms with Crippen molar-refractivity contribution in [3.63, 3.8) is 0 Å². The maximum atomic E-state index is 12.2. The molecule has 9 atom stereocenters. The monoisotopic (exact) mass is 416 g/mol. The molecule has 0 saturated heterocycles. The van der Waals surface area contributed by atoms with Crippen LogP contribution in [0.2, 0.25) is 0 Å². The lowest BCUT2D eigenvalue weighted by Crippen LogP contribution is -2.47. The Bertz CT molecular complexity index is 917. The highest BCUT2D eigenvalue weighted by Crippen LogP contribution is 2.80. The van der Waals surface area contributed by atoms with Crippen LogP contribution in [0.15, 0.2) is 47.6 Å². The van der Waals surface area contributed by atoms with E-state index in [4.69, 9.17) is 0 Å². The lowest BCUT2D eigenvalue weighted by atomic mass is 9.50. The van der Waals surface area contributed by atoms with Gasteiger partial charge in [0.15, 0.2) is 5.78 Å². The van der Waals surface area contributed by atoms with Crippen molar-refractivity contribution in [3.05, 3.63) is 47.6 Å². The molecular weight excluding hydrogens is 376 g/mol. The number of rotatable bonds is 4. The highest BCUT2D eigenvalue weighted by atomic mass is 16.1. The van der Waals surface area contributed by atoms with Crippen molar-refractivity contribution in [3.8, 4) is 0 Å². The number of ketones is 1. The summed E-state index contributed by atoms with van der Waals surface area (Å²) in [6.45, 7) is 11.9. The van der Waals surface area contributed by atoms with Crippen molar-refractivity contribution in [1.29, 1.82) is 0 Å². The van der Waals surface area contributed by atoms with Crippen LogP contribution in [0.3, 0.4) is 0 Å². The molecule has 1 nitrogen and oxygen atoms in total. The third kappa shape index (κ3) is 2.47. The molecule has 1 heteroatoms. The molecule has 166 valence electrons. The average molecular weight is 417 g/mol. The first-order valence-corrected chi connectivity index (χ1v) is 13.3. The normalized spacial score (nSPS) is 49.8. The number of fused-ring (bicyclic) bond motifs is 6. The minimum Gasteiger partial charge on any atom is -0.295 e. The van der Waals surface area contributed by atoms with E-state index < -0.39 is 0 Å². The summed E-state index contributed by atoms with van der Waals surface area (Å²) in [5.41, 5.74) is 5.88. The minimum atomic E-state index is 0.346. The molecule has 3 fully saturated rings. The standard InChI is InChI=1S/C30H40O/c1-5-18-17-26(18)30(7-3)25-11-10-24(25)28-27-19(6-2)14-22-16-23(31)9-8-20(22)15-21(27)12-13-29(28,30)4/h6,15-20,24-25,27-28H,2,5,7-14H2,1,3-4H3/t18?,19-,20+,24?,25?,27+,28-,29-,30+/m0/s1. The van der Waals surface area contributed by atoms with Gasteiger partial charge in [0.05, 0.1) is 0 Å². The Hall–Kier alpha value is -1.37. The predicted octanol–water partition coefficient (Wildman–Crippen LogP) is 7.46. The Morgan fingerprint density at radius 1 is 1.13 bits per heavy atom. The van der Waals surface area contributed by atoms with Crippen LogP contribution in [-0.2, 0) is 4.79 Å². The Balaban J connectivity index is 1.45. The quantitative estimate of drug-likeness (QED) is 0.435. The molecule has 0 heterocycles. The summed E-state index contributed by atoms with van der Waals surface area (Å²) in [5.74, 6) is 5.40. The van der Waals surface area contributed by atoms with Gasteiger partial charge in [0.2, 0.25) is 0 Å². The Morgan fingerprint density at radius 3 is 2.61 bits per heavy atom. The fraction of sp³-hybridized carbons (Fsp3) is 0.700. The summed E-state index contributed by atoms with van der Waals surface area (Å²) in [6, 6.07) is 0. The number of carbonyl (C=O) groups is 1. The molecule has 0 spiro atoms. The minimum absolute atomic E-state index is 0.346. The second kappa shape index (κ2) is 6.82. The molecule has 0 aromatic carbocycles. The van der Waals surface area contributed by atoms with E-state index in [1.54, 1.807) is 5.57 Å². The summed E-state index contributed by atoms with van der Waals surface area (Å²) in [5, 5.41) is 0. The van der Waals surface area contributed by atoms with E-state index in [0.717, 1.165) is 42.9 Å². The maximum Gasteiger partial charge on any atom is 0.155 e. The number of hydrogen-bond donors (Lipinski definition) is 0. The van der Waals surface area contributed by atoms with Gasteiger partial charge in [0.1, 0.15) is 0 Å². The van der Waals surface area contributed by atoms with E-state index in [2.05, 4.69) is 45.6 Å². The van der Waals surface area contributed by atoms with Gasteiger partial charge in [-0.15, -0.1) is 6.58 Å². The first kappa shape index (κ1) is 20.3. The van der Waals surface area contributed by atoms with Crippen LogP contribution in [0.4, 0.5) is 0 Å². The molecule has 31 heavy (non-hydrogen) atoms. The summed E-state index contributed by atoms with van der Waals surface area (Å²) in [6.07, 6.45) is 20.6. The summed E-state index contributed by atoms with van der Waals surface area (Å²) in [4.78, 5) is 12.2. The van der Waals surface area contributed by atoms with Crippen molar-refractivity contribution < 1.29 is 4.79 Å². The third-order valence-corrected chi connectivity index (χ3v) is 11.3. The topological polar surface area (TPSA) is 17.1 Å². The third-order valence-electron chi connectivity index (χ3n) is 11.3. The SMILES string of the molecule is C=C[C@H]1CC2=CC(=O)CC[C@@H]2C=C2CC[C@@]3(C)[C@@H](C4CCC4[C@]3(CC)C3=CC3CC)[C@@H]21. The van der Waals surface area contributed by atoms with Crippen LogP contribution in [0.25, 0.3) is 0 Å². The fourth-order valence-electron chi connectivity index (χ4n) is 9.91. The fourth-order valence-corrected chi connectivity index (χ4v) is 9.91. The number of allylic oxidation sites excluding steroid dienone is 7. The zero-order chi connectivity index (χ0) is 21.5. The molecule has 0 radical (unpaired) electrons. The highest BCUT2D eigenvalue weighted by Gasteiger charge is 2.73. The first-order valence-electron chi connectivity index (χ1n) is 13.3. The van der Waals surface area contributed by atoms with Gasteiger partial charge in [-0.05, 0) is 104 Å². The van der Waals surface area contributed by atoms with Crippen LogP contribution in [0.5, 0.6) is 0 Å². The van der Waals surface area contributed by atoms with Gasteiger partial charge >= 0.3 is 0 Å². The Kier molecular flexibility index (Phi) is 4.45. The predicted molar refractivity (Wildman–Crippen MR) is 127 cm³/mol. The number of carbonyl (C=O) groups excluding carboxylic acids is 1. The van der Waals surface area contributed by atoms with Crippen LogP contribution < -0.4 is 0 Å². The van der Waals surface area contributed by atoms with Crippen molar-refractivity contribution in [2.75, 3.05) is 0 Å². The van der Waals surface area contributed by atoms with Gasteiger partial charge < -0.3 is 0 Å². The molecule has 3 saturated carbocycles. The molecule has 0 aromatic heterocycles. The molecule has 0 aromatic rings. The van der Waals surface area contributed by atoms with E-state index in [1.807, 2.05) is 11.6 Å². The smallest absolute Gasteiger partial charge is 0.155 e. The van der Waals surface area contributed by atoms with Crippen LogP contribution in [0, 0.1) is 52.3 Å². The average Bonchev–Trinajstić information content (AvgIpc) is 3.52. The molecule has 0 aliphatic heterocycles. The maximum absolute atomic E-state index is 12.2. The molecular formula is C30H40O. The molecule has 0 amide bonds. The molecule has 3 unspecified atom stereocenters. The summed E-state index contributed by atoms with van der Waals surface area (Å²) >= 11 is 0. The second-order valence-corrected chi connectivity index (χ2v) is 12.0. The van der Waals surface area contributed by atoms with Gasteiger partial charge in [-0.25, -0.2) is 0 Å². The first-order chi connectivity index (χ1) is 15.0. The highest BCUT2D eigenvalue weighted by molar-refractivity contribution is 5.91. The van der Waals surface area contributed by atoms with Crippen LogP contribution in [0.1, 0.15) is 78.6 Å². The lowest BCUT2D eigenvalue weighted by Gasteiger charge is -2.54. The van der Waals surface area contributed by atoms with Crippen molar-refractivity contribution in [2.45, 2.75) is 78.6 Å². The molecule has 6 aliphatic carbocycles. The zero-order valence-electron chi connectivity index (χ0n) is 19.8. The van der Waals surface area contributed by atoms with E-state index in [1.165, 1.54) is 44.1 Å². The van der Waals surface area contributed by atoms with Crippen molar-refractivity contribution >= 4 is 5.78 Å². The van der Waals surface area contributed by atoms with Gasteiger partial charge in [-0.3, -0.25) is 4.79 Å². The molecule has 0 N–H and O–H groups in total. The van der Waals surface area contributed by atoms with E-state index >= 15 is 0 Å². The Labute approximate surface area is 189 Å². The number of hydrogen-bond acceptors (Lipinski definition) is 1. The largest absolute Gasteiger partial charge is 0.295 e. The molecule has 6 rings (SSSR count). The van der Waals surface area contributed by atoms with Crippen molar-refractivity contribution in [1.82, 2.24) is 0 Å². The van der Waals surface area contributed by atoms with Crippen molar-refractivity contribution in [2.24, 2.45) is 52.3 Å². The summed E-state index contributed by atoms with van der Waals surface area (Å²) < 4.78 is 0.